The number of alkyl halides is 1. The number of Topliss-reactive ketones (excluding diaryl/α,β-unsaturated/α-hetero) is 1. The first-order valence-corrected chi connectivity index (χ1v) is 12.5. The molecule has 0 bridgehead atoms. The Morgan fingerprint density at radius 2 is 1.90 bits per heavy atom. The van der Waals surface area contributed by atoms with Crippen LogP contribution in [0.1, 0.15) is 33.9 Å². The molecule has 202 valence electrons. The number of rotatable bonds is 9. The van der Waals surface area contributed by atoms with Crippen molar-refractivity contribution in [2.45, 2.75) is 37.7 Å². The topological polar surface area (TPSA) is 103 Å². The third kappa shape index (κ3) is 5.46. The van der Waals surface area contributed by atoms with E-state index in [1.807, 2.05) is 19.1 Å². The number of methoxy groups -OCH3 is 1. The molecule has 1 aliphatic heterocycles. The van der Waals surface area contributed by atoms with Gasteiger partial charge in [0.1, 0.15) is 23.5 Å². The summed E-state index contributed by atoms with van der Waals surface area (Å²) in [4.78, 5) is 30.1. The minimum absolute atomic E-state index is 0.0388. The molecule has 3 aromatic carbocycles. The Hall–Kier alpha value is -4.31. The van der Waals surface area contributed by atoms with Gasteiger partial charge in [0.25, 0.3) is 0 Å². The molecule has 4 aromatic rings. The van der Waals surface area contributed by atoms with Crippen molar-refractivity contribution >= 4 is 28.5 Å². The zero-order chi connectivity index (χ0) is 27.5. The second-order valence-electron chi connectivity index (χ2n) is 9.37. The zero-order valence-electron chi connectivity index (χ0n) is 21.3. The number of carbonyl (C=O) groups excluding carboxylic acids is 2. The zero-order valence-corrected chi connectivity index (χ0v) is 21.3. The number of nitrogens with one attached hydrogen (secondary N) is 2. The number of halogens is 2. The van der Waals surface area contributed by atoms with Crippen LogP contribution in [0.5, 0.6) is 5.75 Å². The summed E-state index contributed by atoms with van der Waals surface area (Å²) in [6.45, 7) is 1.93. The first-order valence-electron chi connectivity index (χ1n) is 12.5. The molecule has 1 aromatic heterocycles. The van der Waals surface area contributed by atoms with E-state index in [0.717, 1.165) is 12.0 Å². The van der Waals surface area contributed by atoms with Gasteiger partial charge in [-0.1, -0.05) is 24.3 Å². The fourth-order valence-electron chi connectivity index (χ4n) is 4.72. The van der Waals surface area contributed by atoms with E-state index >= 15 is 4.39 Å². The average molecular weight is 536 g/mol. The van der Waals surface area contributed by atoms with Gasteiger partial charge >= 0.3 is 5.97 Å². The summed E-state index contributed by atoms with van der Waals surface area (Å²) in [6, 6.07) is 14.5. The Bertz CT molecular complexity index is 1490. The summed E-state index contributed by atoms with van der Waals surface area (Å²) in [5, 5.41) is 6.20. The number of oxazole rings is 1. The molecular weight excluding hydrogens is 508 g/mol. The number of ketones is 1. The van der Waals surface area contributed by atoms with E-state index in [-0.39, 0.29) is 29.9 Å². The number of aromatic nitrogens is 1. The van der Waals surface area contributed by atoms with Crippen molar-refractivity contribution in [3.63, 3.8) is 0 Å². The van der Waals surface area contributed by atoms with E-state index in [0.29, 0.717) is 16.8 Å². The van der Waals surface area contributed by atoms with Crippen LogP contribution < -0.4 is 15.4 Å². The number of ether oxygens (including phenoxy) is 2. The van der Waals surface area contributed by atoms with Crippen LogP contribution in [0.15, 0.2) is 71.5 Å². The number of fused-ring (bicyclic) bond motifs is 1. The molecule has 2 heterocycles. The highest BCUT2D eigenvalue weighted by Crippen LogP contribution is 2.32. The molecular formula is C29H27F2N3O5. The number of aryl methyl sites for hydroxylation is 1. The number of benzene rings is 3. The van der Waals surface area contributed by atoms with Gasteiger partial charge in [0, 0.05) is 17.8 Å². The van der Waals surface area contributed by atoms with Gasteiger partial charge in [0.15, 0.2) is 23.9 Å². The normalized spacial score (nSPS) is 18.5. The minimum Gasteiger partial charge on any atom is -0.481 e. The minimum atomic E-state index is -1.21. The molecule has 5 rings (SSSR count). The highest BCUT2D eigenvalue weighted by molar-refractivity contribution is 5.94. The highest BCUT2D eigenvalue weighted by Gasteiger charge is 2.41. The van der Waals surface area contributed by atoms with Crippen LogP contribution in [-0.4, -0.2) is 48.7 Å². The van der Waals surface area contributed by atoms with Gasteiger partial charge in [-0.2, -0.15) is 0 Å². The second-order valence-corrected chi connectivity index (χ2v) is 9.37. The van der Waals surface area contributed by atoms with Gasteiger partial charge in [-0.15, -0.1) is 0 Å². The van der Waals surface area contributed by atoms with Gasteiger partial charge in [-0.3, -0.25) is 4.79 Å². The van der Waals surface area contributed by atoms with E-state index < -0.39 is 41.9 Å². The maximum absolute atomic E-state index is 15.7. The largest absolute Gasteiger partial charge is 0.481 e. The lowest BCUT2D eigenvalue weighted by Gasteiger charge is -2.29. The van der Waals surface area contributed by atoms with Crippen molar-refractivity contribution in [2.24, 2.45) is 0 Å². The van der Waals surface area contributed by atoms with Crippen molar-refractivity contribution < 1.29 is 32.3 Å². The lowest BCUT2D eigenvalue weighted by molar-refractivity contribution is -0.128. The summed E-state index contributed by atoms with van der Waals surface area (Å²) in [5.74, 6) is -1.48. The summed E-state index contributed by atoms with van der Waals surface area (Å²) in [5.41, 5.74) is 2.05. The standard InChI is InChI=1S/C29H27F2N3O5/c1-16-5-3-4-6-21(16)34-25(20-11-12-22-27(24(20)31)38-15-33-22)26(35)28(23-13-18(30)14-32-23)39-19-9-7-17(8-10-19)29(36)37-2/h3-12,15,18,23,25,28,32,34H,13-14H2,1-2H3/t18-,23-,25?,28?/m0/s1. The SMILES string of the molecule is COC(=O)c1ccc(OC(C(=O)C(Nc2ccccc2C)c2ccc3ncoc3c2F)[C@@H]2C[C@H](F)CN2)cc1. The van der Waals surface area contributed by atoms with Crippen molar-refractivity contribution in [1.82, 2.24) is 10.3 Å². The number of para-hydroxylation sites is 1. The van der Waals surface area contributed by atoms with Crippen molar-refractivity contribution in [3.05, 3.63) is 89.6 Å². The molecule has 0 amide bonds. The number of anilines is 1. The van der Waals surface area contributed by atoms with Crippen molar-refractivity contribution in [1.29, 1.82) is 0 Å². The van der Waals surface area contributed by atoms with Crippen LogP contribution in [0, 0.1) is 12.7 Å². The number of carbonyl (C=O) groups is 2. The summed E-state index contributed by atoms with van der Waals surface area (Å²) in [7, 11) is 1.28. The Morgan fingerprint density at radius 1 is 1.13 bits per heavy atom. The van der Waals surface area contributed by atoms with E-state index in [1.165, 1.54) is 37.4 Å². The van der Waals surface area contributed by atoms with Crippen molar-refractivity contribution in [3.8, 4) is 5.75 Å². The lowest BCUT2D eigenvalue weighted by atomic mass is 9.93. The van der Waals surface area contributed by atoms with E-state index in [2.05, 4.69) is 15.6 Å². The molecule has 0 saturated carbocycles. The van der Waals surface area contributed by atoms with Crippen LogP contribution in [-0.2, 0) is 9.53 Å². The summed E-state index contributed by atoms with van der Waals surface area (Å²) < 4.78 is 46.1. The predicted octanol–water partition coefficient (Wildman–Crippen LogP) is 4.93. The Labute approximate surface area is 223 Å². The molecule has 0 radical (unpaired) electrons. The number of hydrogen-bond acceptors (Lipinski definition) is 8. The fourth-order valence-corrected chi connectivity index (χ4v) is 4.72. The summed E-state index contributed by atoms with van der Waals surface area (Å²) in [6.07, 6.45) is -1.18. The molecule has 0 spiro atoms. The van der Waals surface area contributed by atoms with Crippen LogP contribution in [0.2, 0.25) is 0 Å². The van der Waals surface area contributed by atoms with Gasteiger partial charge in [-0.05, 0) is 55.3 Å². The smallest absolute Gasteiger partial charge is 0.337 e. The molecule has 8 nitrogen and oxygen atoms in total. The Kier molecular flexibility index (Phi) is 7.56. The molecule has 39 heavy (non-hydrogen) atoms. The summed E-state index contributed by atoms with van der Waals surface area (Å²) >= 11 is 0. The molecule has 1 aliphatic rings. The molecule has 10 heteroatoms. The van der Waals surface area contributed by atoms with Gasteiger partial charge in [-0.25, -0.2) is 18.6 Å². The maximum atomic E-state index is 15.7. The van der Waals surface area contributed by atoms with Crippen LogP contribution in [0.3, 0.4) is 0 Å². The highest BCUT2D eigenvalue weighted by atomic mass is 19.1. The quantitative estimate of drug-likeness (QED) is 0.291. The molecule has 1 saturated heterocycles. The maximum Gasteiger partial charge on any atom is 0.337 e. The third-order valence-electron chi connectivity index (χ3n) is 6.80. The molecule has 4 atom stereocenters. The van der Waals surface area contributed by atoms with Gasteiger partial charge in [0.05, 0.1) is 18.7 Å². The van der Waals surface area contributed by atoms with Gasteiger partial charge in [0.2, 0.25) is 5.78 Å². The number of nitrogens with zero attached hydrogens (tertiary/aromatic N) is 1. The van der Waals surface area contributed by atoms with Crippen LogP contribution >= 0.6 is 0 Å². The average Bonchev–Trinajstić information content (AvgIpc) is 3.61. The monoisotopic (exact) mass is 535 g/mol. The first kappa shape index (κ1) is 26.3. The second kappa shape index (κ2) is 11.2. The predicted molar refractivity (Wildman–Crippen MR) is 140 cm³/mol. The van der Waals surface area contributed by atoms with E-state index in [9.17, 15) is 14.0 Å². The Balaban J connectivity index is 1.54. The van der Waals surface area contributed by atoms with Crippen LogP contribution in [0.25, 0.3) is 11.1 Å². The van der Waals surface area contributed by atoms with E-state index in [1.54, 1.807) is 18.2 Å². The molecule has 2 unspecified atom stereocenters. The molecule has 0 aliphatic carbocycles. The lowest BCUT2D eigenvalue weighted by Crippen LogP contribution is -2.47. The fraction of sp³-hybridized carbons (Fsp3) is 0.276. The molecule has 1 fully saturated rings. The first-order chi connectivity index (χ1) is 18.9. The third-order valence-corrected chi connectivity index (χ3v) is 6.80. The van der Waals surface area contributed by atoms with Crippen LogP contribution in [0.4, 0.5) is 14.5 Å². The number of hydrogen-bond donors (Lipinski definition) is 2. The Morgan fingerprint density at radius 3 is 2.59 bits per heavy atom. The molecule has 2 N–H and O–H groups in total. The van der Waals surface area contributed by atoms with Crippen molar-refractivity contribution in [2.75, 3.05) is 19.0 Å². The number of esters is 1. The van der Waals surface area contributed by atoms with E-state index in [4.69, 9.17) is 13.9 Å². The van der Waals surface area contributed by atoms with Gasteiger partial charge < -0.3 is 24.5 Å².